The van der Waals surface area contributed by atoms with Gasteiger partial charge in [-0.15, -0.1) is 11.3 Å². The highest BCUT2D eigenvalue weighted by Crippen LogP contribution is 2.28. The Hall–Kier alpha value is -1.80. The molecule has 0 saturated carbocycles. The fourth-order valence-electron chi connectivity index (χ4n) is 2.78. The van der Waals surface area contributed by atoms with Crippen LogP contribution in [0.4, 0.5) is 0 Å². The van der Waals surface area contributed by atoms with E-state index in [4.69, 9.17) is 4.74 Å². The molecule has 4 heteroatoms. The molecule has 0 bridgehead atoms. The van der Waals surface area contributed by atoms with E-state index in [1.54, 1.807) is 25.2 Å². The monoisotopic (exact) mass is 341 g/mol. The van der Waals surface area contributed by atoms with Gasteiger partial charge in [0.25, 0.3) is 0 Å². The van der Waals surface area contributed by atoms with Gasteiger partial charge in [-0.05, 0) is 44.7 Å². The van der Waals surface area contributed by atoms with Crippen LogP contribution in [-0.4, -0.2) is 35.3 Å². The first-order valence-electron chi connectivity index (χ1n) is 8.16. The first kappa shape index (κ1) is 17.0. The summed E-state index contributed by atoms with van der Waals surface area (Å²) in [5.41, 5.74) is 0.353. The molecule has 0 aliphatic carbocycles. The Balaban J connectivity index is 1.54. The minimum absolute atomic E-state index is 0.224. The Morgan fingerprint density at radius 3 is 2.83 bits per heavy atom. The van der Waals surface area contributed by atoms with Gasteiger partial charge in [0, 0.05) is 24.4 Å². The smallest absolute Gasteiger partial charge is 0.123 e. The van der Waals surface area contributed by atoms with Crippen molar-refractivity contribution in [3.8, 4) is 17.6 Å². The predicted octanol–water partition coefficient (Wildman–Crippen LogP) is 3.31. The Labute approximate surface area is 147 Å². The van der Waals surface area contributed by atoms with Gasteiger partial charge in [-0.2, -0.15) is 0 Å². The van der Waals surface area contributed by atoms with E-state index in [0.717, 1.165) is 30.1 Å². The number of fused-ring (bicyclic) bond motifs is 1. The van der Waals surface area contributed by atoms with Gasteiger partial charge in [0.05, 0.1) is 4.88 Å². The lowest BCUT2D eigenvalue weighted by Crippen LogP contribution is -2.31. The van der Waals surface area contributed by atoms with Gasteiger partial charge in [-0.1, -0.05) is 30.0 Å². The zero-order valence-corrected chi connectivity index (χ0v) is 15.2. The number of hydrogen-bond acceptors (Lipinski definition) is 4. The molecule has 1 aliphatic heterocycles. The van der Waals surface area contributed by atoms with Crippen LogP contribution in [0.25, 0.3) is 0 Å². The Kier molecular flexibility index (Phi) is 4.96. The molecule has 1 atom stereocenters. The van der Waals surface area contributed by atoms with E-state index in [1.165, 1.54) is 10.4 Å². The molecule has 1 aromatic heterocycles. The summed E-state index contributed by atoms with van der Waals surface area (Å²) in [6.07, 6.45) is 1.20. The van der Waals surface area contributed by atoms with Gasteiger partial charge in [0.15, 0.2) is 0 Å². The summed E-state index contributed by atoms with van der Waals surface area (Å²) >= 11 is 1.68. The molecule has 1 aliphatic rings. The minimum Gasteiger partial charge on any atom is -0.488 e. The maximum atomic E-state index is 9.67. The minimum atomic E-state index is -0.949. The van der Waals surface area contributed by atoms with Gasteiger partial charge in [-0.25, -0.2) is 0 Å². The maximum Gasteiger partial charge on any atom is 0.123 e. The fourth-order valence-corrected chi connectivity index (χ4v) is 3.72. The number of rotatable bonds is 4. The Bertz CT molecular complexity index is 739. The second kappa shape index (κ2) is 6.98. The molecule has 1 aromatic carbocycles. The largest absolute Gasteiger partial charge is 0.488 e. The maximum absolute atomic E-state index is 9.67. The predicted molar refractivity (Wildman–Crippen MR) is 98.4 cm³/mol. The van der Waals surface area contributed by atoms with E-state index in [-0.39, 0.29) is 6.10 Å². The number of ether oxygens (including phenoxy) is 1. The van der Waals surface area contributed by atoms with E-state index >= 15 is 0 Å². The zero-order valence-electron chi connectivity index (χ0n) is 14.4. The first-order chi connectivity index (χ1) is 11.4. The molecule has 1 N–H and O–H groups in total. The molecule has 2 aromatic rings. The summed E-state index contributed by atoms with van der Waals surface area (Å²) in [6, 6.07) is 12.4. The third-order valence-electron chi connectivity index (χ3n) is 3.81. The van der Waals surface area contributed by atoms with Crippen LogP contribution in [0.15, 0.2) is 36.4 Å². The summed E-state index contributed by atoms with van der Waals surface area (Å²) in [7, 11) is 2.12. The van der Waals surface area contributed by atoms with Gasteiger partial charge < -0.3 is 9.84 Å². The van der Waals surface area contributed by atoms with Crippen LogP contribution in [-0.2, 0) is 13.0 Å². The van der Waals surface area contributed by atoms with Crippen molar-refractivity contribution in [3.63, 3.8) is 0 Å². The van der Waals surface area contributed by atoms with Crippen LogP contribution < -0.4 is 4.74 Å². The van der Waals surface area contributed by atoms with Crippen molar-refractivity contribution in [2.45, 2.75) is 38.5 Å². The first-order valence-corrected chi connectivity index (χ1v) is 8.98. The number of thiophene rings is 1. The van der Waals surface area contributed by atoms with E-state index < -0.39 is 5.60 Å². The van der Waals surface area contributed by atoms with Crippen molar-refractivity contribution in [2.75, 3.05) is 13.6 Å². The highest BCUT2D eigenvalue weighted by Gasteiger charge is 2.23. The summed E-state index contributed by atoms with van der Waals surface area (Å²) in [5, 5.41) is 9.67. The van der Waals surface area contributed by atoms with Crippen LogP contribution in [0.1, 0.15) is 29.2 Å². The molecule has 0 spiro atoms. The van der Waals surface area contributed by atoms with Gasteiger partial charge >= 0.3 is 0 Å². The van der Waals surface area contributed by atoms with Crippen LogP contribution in [0.3, 0.4) is 0 Å². The average molecular weight is 341 g/mol. The highest BCUT2D eigenvalue weighted by atomic mass is 32.1. The number of aliphatic hydroxyl groups is 1. The standard InChI is InChI=1S/C20H23NO2S/c1-20(2,22)11-10-17-8-9-18(24-17)14-21(3)13-16-12-15-6-4-5-7-19(15)23-16/h4-9,16,22H,12-14H2,1-3H3/t16-/m0/s1. The quantitative estimate of drug-likeness (QED) is 0.866. The summed E-state index contributed by atoms with van der Waals surface area (Å²) in [4.78, 5) is 4.55. The van der Waals surface area contributed by atoms with Crippen molar-refractivity contribution in [1.29, 1.82) is 0 Å². The molecular formula is C20H23NO2S. The SMILES string of the molecule is CN(Cc1ccc(C#CC(C)(C)O)s1)C[C@@H]1Cc2ccccc2O1. The van der Waals surface area contributed by atoms with Crippen molar-refractivity contribution in [1.82, 2.24) is 4.90 Å². The molecule has 3 rings (SSSR count). The van der Waals surface area contributed by atoms with Crippen LogP contribution in [0.5, 0.6) is 5.75 Å². The Morgan fingerprint density at radius 1 is 1.29 bits per heavy atom. The van der Waals surface area contributed by atoms with Crippen molar-refractivity contribution in [3.05, 3.63) is 51.7 Å². The number of para-hydroxylation sites is 1. The summed E-state index contributed by atoms with van der Waals surface area (Å²) in [5.74, 6) is 6.92. The average Bonchev–Trinajstić information content (AvgIpc) is 3.10. The van der Waals surface area contributed by atoms with Crippen LogP contribution in [0.2, 0.25) is 0 Å². The molecule has 0 saturated heterocycles. The summed E-state index contributed by atoms with van der Waals surface area (Å²) in [6.45, 7) is 5.17. The number of nitrogens with zero attached hydrogens (tertiary/aromatic N) is 1. The van der Waals surface area contributed by atoms with Crippen LogP contribution >= 0.6 is 11.3 Å². The van der Waals surface area contributed by atoms with E-state index in [2.05, 4.69) is 42.0 Å². The molecule has 0 amide bonds. The Morgan fingerprint density at radius 2 is 2.08 bits per heavy atom. The number of hydrogen-bond donors (Lipinski definition) is 1. The lowest BCUT2D eigenvalue weighted by atomic mass is 10.1. The number of likely N-dealkylation sites (N-methyl/N-ethyl adjacent to an activating group) is 1. The zero-order chi connectivity index (χ0) is 17.2. The lowest BCUT2D eigenvalue weighted by molar-refractivity contribution is 0.143. The van der Waals surface area contributed by atoms with E-state index in [1.807, 2.05) is 18.2 Å². The van der Waals surface area contributed by atoms with Crippen molar-refractivity contribution >= 4 is 11.3 Å². The molecule has 0 fully saturated rings. The van der Waals surface area contributed by atoms with E-state index in [9.17, 15) is 5.11 Å². The van der Waals surface area contributed by atoms with E-state index in [0.29, 0.717) is 0 Å². The second-order valence-electron chi connectivity index (χ2n) is 6.82. The molecule has 2 heterocycles. The molecule has 0 radical (unpaired) electrons. The number of benzene rings is 1. The highest BCUT2D eigenvalue weighted by molar-refractivity contribution is 7.12. The van der Waals surface area contributed by atoms with Crippen molar-refractivity contribution in [2.24, 2.45) is 0 Å². The molecule has 24 heavy (non-hydrogen) atoms. The second-order valence-corrected chi connectivity index (χ2v) is 7.99. The summed E-state index contributed by atoms with van der Waals surface area (Å²) < 4.78 is 6.01. The molecular weight excluding hydrogens is 318 g/mol. The third-order valence-corrected chi connectivity index (χ3v) is 4.79. The lowest BCUT2D eigenvalue weighted by Gasteiger charge is -2.20. The normalized spacial score (nSPS) is 16.5. The van der Waals surface area contributed by atoms with Gasteiger partial charge in [0.1, 0.15) is 17.5 Å². The van der Waals surface area contributed by atoms with Crippen molar-refractivity contribution < 1.29 is 9.84 Å². The van der Waals surface area contributed by atoms with Gasteiger partial charge in [0.2, 0.25) is 0 Å². The van der Waals surface area contributed by atoms with Crippen LogP contribution in [0, 0.1) is 11.8 Å². The fraction of sp³-hybridized carbons (Fsp3) is 0.400. The molecule has 3 nitrogen and oxygen atoms in total. The topological polar surface area (TPSA) is 32.7 Å². The molecule has 0 unspecified atom stereocenters. The van der Waals surface area contributed by atoms with Gasteiger partial charge in [-0.3, -0.25) is 4.90 Å². The third kappa shape index (κ3) is 4.61. The molecule has 126 valence electrons.